The zero-order chi connectivity index (χ0) is 17.4. The number of carbonyl (C=O) groups excluding carboxylic acids is 2. The van der Waals surface area contributed by atoms with Crippen LogP contribution in [0.5, 0.6) is 5.75 Å². The highest BCUT2D eigenvalue weighted by molar-refractivity contribution is 5.98. The van der Waals surface area contributed by atoms with Gasteiger partial charge in [0.1, 0.15) is 5.75 Å². The number of likely N-dealkylation sites (tertiary alicyclic amines) is 1. The SMILES string of the molecule is COc1ccc(C(=O)NC2CC2)cc1NC(=O)N1CC2CNCC2C1. The van der Waals surface area contributed by atoms with Gasteiger partial charge in [0.2, 0.25) is 0 Å². The van der Waals surface area contributed by atoms with Crippen LogP contribution in [0.25, 0.3) is 0 Å². The van der Waals surface area contributed by atoms with Gasteiger partial charge in [-0.05, 0) is 42.9 Å². The van der Waals surface area contributed by atoms with Gasteiger partial charge in [0.05, 0.1) is 12.8 Å². The fourth-order valence-corrected chi connectivity index (χ4v) is 3.66. The summed E-state index contributed by atoms with van der Waals surface area (Å²) in [4.78, 5) is 26.7. The maximum atomic E-state index is 12.6. The average molecular weight is 344 g/mol. The Morgan fingerprint density at radius 3 is 2.56 bits per heavy atom. The van der Waals surface area contributed by atoms with Gasteiger partial charge in [0.15, 0.2) is 0 Å². The summed E-state index contributed by atoms with van der Waals surface area (Å²) < 4.78 is 5.34. The summed E-state index contributed by atoms with van der Waals surface area (Å²) in [7, 11) is 1.56. The van der Waals surface area contributed by atoms with E-state index in [2.05, 4.69) is 16.0 Å². The van der Waals surface area contributed by atoms with Crippen LogP contribution in [0.2, 0.25) is 0 Å². The third-order valence-corrected chi connectivity index (χ3v) is 5.29. The van der Waals surface area contributed by atoms with Gasteiger partial charge < -0.3 is 25.6 Å². The van der Waals surface area contributed by atoms with Gasteiger partial charge in [-0.1, -0.05) is 0 Å². The van der Waals surface area contributed by atoms with Gasteiger partial charge in [-0.25, -0.2) is 4.79 Å². The Hall–Kier alpha value is -2.28. The Morgan fingerprint density at radius 2 is 1.92 bits per heavy atom. The van der Waals surface area contributed by atoms with E-state index in [1.165, 1.54) is 0 Å². The summed E-state index contributed by atoms with van der Waals surface area (Å²) in [6.45, 7) is 3.50. The number of nitrogens with zero attached hydrogens (tertiary/aromatic N) is 1. The van der Waals surface area contributed by atoms with E-state index in [1.54, 1.807) is 25.3 Å². The molecule has 2 heterocycles. The minimum atomic E-state index is -0.132. The van der Waals surface area contributed by atoms with Gasteiger partial charge in [-0.15, -0.1) is 0 Å². The third-order valence-electron chi connectivity index (χ3n) is 5.29. The number of carbonyl (C=O) groups is 2. The van der Waals surface area contributed by atoms with E-state index in [1.807, 2.05) is 4.90 Å². The molecular weight excluding hydrogens is 320 g/mol. The number of benzene rings is 1. The van der Waals surface area contributed by atoms with Crippen molar-refractivity contribution >= 4 is 17.6 Å². The fraction of sp³-hybridized carbons (Fsp3) is 0.556. The number of hydrogen-bond donors (Lipinski definition) is 3. The van der Waals surface area contributed by atoms with E-state index in [4.69, 9.17) is 4.74 Å². The lowest BCUT2D eigenvalue weighted by Gasteiger charge is -2.19. The molecule has 3 fully saturated rings. The molecule has 0 aromatic heterocycles. The molecule has 3 N–H and O–H groups in total. The molecule has 2 saturated heterocycles. The quantitative estimate of drug-likeness (QED) is 0.768. The molecule has 2 unspecified atom stereocenters. The van der Waals surface area contributed by atoms with E-state index >= 15 is 0 Å². The zero-order valence-corrected chi connectivity index (χ0v) is 14.4. The summed E-state index contributed by atoms with van der Waals surface area (Å²) in [6.07, 6.45) is 2.08. The van der Waals surface area contributed by atoms with Crippen LogP contribution in [-0.2, 0) is 0 Å². The standard InChI is InChI=1S/C18H24N4O3/c1-25-16-5-2-11(17(23)20-14-3-4-14)6-15(16)21-18(24)22-9-12-7-19-8-13(12)10-22/h2,5-6,12-14,19H,3-4,7-10H2,1H3,(H,20,23)(H,21,24). The first-order valence-corrected chi connectivity index (χ1v) is 8.89. The molecule has 3 aliphatic rings. The second-order valence-electron chi connectivity index (χ2n) is 7.18. The molecule has 25 heavy (non-hydrogen) atoms. The number of anilines is 1. The first-order chi connectivity index (χ1) is 12.1. The average Bonchev–Trinajstić information content (AvgIpc) is 3.15. The normalized spacial score (nSPS) is 24.8. The first kappa shape index (κ1) is 16.2. The Balaban J connectivity index is 1.46. The topological polar surface area (TPSA) is 82.7 Å². The zero-order valence-electron chi connectivity index (χ0n) is 14.4. The van der Waals surface area contributed by atoms with Crippen LogP contribution < -0.4 is 20.7 Å². The van der Waals surface area contributed by atoms with Crippen LogP contribution >= 0.6 is 0 Å². The van der Waals surface area contributed by atoms with E-state index < -0.39 is 0 Å². The van der Waals surface area contributed by atoms with Crippen LogP contribution in [0.3, 0.4) is 0 Å². The lowest BCUT2D eigenvalue weighted by atomic mass is 10.0. The summed E-state index contributed by atoms with van der Waals surface area (Å²) in [5.74, 6) is 1.53. The number of ether oxygens (including phenoxy) is 1. The molecule has 0 bridgehead atoms. The third kappa shape index (κ3) is 3.42. The maximum absolute atomic E-state index is 12.6. The lowest BCUT2D eigenvalue weighted by Crippen LogP contribution is -2.35. The Bertz CT molecular complexity index is 677. The first-order valence-electron chi connectivity index (χ1n) is 8.89. The van der Waals surface area contributed by atoms with Crippen molar-refractivity contribution in [3.63, 3.8) is 0 Å². The largest absolute Gasteiger partial charge is 0.495 e. The van der Waals surface area contributed by atoms with E-state index in [0.29, 0.717) is 34.9 Å². The molecule has 1 saturated carbocycles. The van der Waals surface area contributed by atoms with Gasteiger partial charge in [-0.2, -0.15) is 0 Å². The van der Waals surface area contributed by atoms with Gasteiger partial charge >= 0.3 is 6.03 Å². The number of fused-ring (bicyclic) bond motifs is 1. The summed E-state index contributed by atoms with van der Waals surface area (Å²) in [6, 6.07) is 5.29. The van der Waals surface area contributed by atoms with Crippen molar-refractivity contribution < 1.29 is 14.3 Å². The number of rotatable bonds is 4. The molecule has 7 heteroatoms. The number of amides is 3. The molecule has 4 rings (SSSR count). The molecule has 1 aromatic rings. The Morgan fingerprint density at radius 1 is 1.20 bits per heavy atom. The highest BCUT2D eigenvalue weighted by Gasteiger charge is 2.38. The summed E-state index contributed by atoms with van der Waals surface area (Å²) >= 11 is 0. The molecule has 1 aromatic carbocycles. The van der Waals surface area contributed by atoms with Crippen molar-refractivity contribution in [3.8, 4) is 5.75 Å². The molecule has 3 amide bonds. The molecule has 2 aliphatic heterocycles. The van der Waals surface area contributed by atoms with Gasteiger partial charge in [0, 0.05) is 37.8 Å². The van der Waals surface area contributed by atoms with Gasteiger partial charge in [0.25, 0.3) is 5.91 Å². The van der Waals surface area contributed by atoms with E-state index in [9.17, 15) is 9.59 Å². The van der Waals surface area contributed by atoms with Crippen LogP contribution in [0.15, 0.2) is 18.2 Å². The van der Waals surface area contributed by atoms with Crippen LogP contribution in [0, 0.1) is 11.8 Å². The molecule has 0 spiro atoms. The highest BCUT2D eigenvalue weighted by Crippen LogP contribution is 2.29. The lowest BCUT2D eigenvalue weighted by molar-refractivity contribution is 0.0951. The minimum absolute atomic E-state index is 0.109. The smallest absolute Gasteiger partial charge is 0.321 e. The number of hydrogen-bond acceptors (Lipinski definition) is 4. The molecular formula is C18H24N4O3. The number of nitrogens with one attached hydrogen (secondary N) is 3. The predicted molar refractivity (Wildman–Crippen MR) is 93.9 cm³/mol. The van der Waals surface area contributed by atoms with Crippen LogP contribution in [0.4, 0.5) is 10.5 Å². The number of urea groups is 1. The number of methoxy groups -OCH3 is 1. The Labute approximate surface area is 147 Å². The van der Waals surface area contributed by atoms with Crippen molar-refractivity contribution in [2.24, 2.45) is 11.8 Å². The van der Waals surface area contributed by atoms with E-state index in [-0.39, 0.29) is 11.9 Å². The fourth-order valence-electron chi connectivity index (χ4n) is 3.66. The highest BCUT2D eigenvalue weighted by atomic mass is 16.5. The summed E-state index contributed by atoms with van der Waals surface area (Å²) in [5.41, 5.74) is 1.07. The maximum Gasteiger partial charge on any atom is 0.321 e. The van der Waals surface area contributed by atoms with Crippen LogP contribution in [0.1, 0.15) is 23.2 Å². The second-order valence-corrected chi connectivity index (χ2v) is 7.18. The van der Waals surface area contributed by atoms with E-state index in [0.717, 1.165) is 39.0 Å². The summed E-state index contributed by atoms with van der Waals surface area (Å²) in [5, 5.41) is 9.25. The monoisotopic (exact) mass is 344 g/mol. The van der Waals surface area contributed by atoms with Gasteiger partial charge in [-0.3, -0.25) is 4.79 Å². The second kappa shape index (κ2) is 6.55. The minimum Gasteiger partial charge on any atom is -0.495 e. The van der Waals surface area contributed by atoms with Crippen molar-refractivity contribution in [2.45, 2.75) is 18.9 Å². The van der Waals surface area contributed by atoms with Crippen molar-refractivity contribution in [1.29, 1.82) is 0 Å². The molecule has 7 nitrogen and oxygen atoms in total. The van der Waals surface area contributed by atoms with Crippen LogP contribution in [-0.4, -0.2) is 56.2 Å². The van der Waals surface area contributed by atoms with Crippen molar-refractivity contribution in [2.75, 3.05) is 38.6 Å². The molecule has 1 aliphatic carbocycles. The Kier molecular flexibility index (Phi) is 4.25. The molecule has 0 radical (unpaired) electrons. The van der Waals surface area contributed by atoms with Crippen molar-refractivity contribution in [3.05, 3.63) is 23.8 Å². The van der Waals surface area contributed by atoms with Crippen molar-refractivity contribution in [1.82, 2.24) is 15.5 Å². The molecule has 134 valence electrons. The predicted octanol–water partition coefficient (Wildman–Crippen LogP) is 1.27. The molecule has 2 atom stereocenters.